The standard InChI is InChI=1S/C16H27N6O12P3/c1-3-5-21(6-4-2)16(17)14-15(18-9-20-16)22(10-19-14)13-7-11(23)12(32-13)8-31-36(27,28)34-37(29,30)33-35(24,25)26/h3-4,9,11-13,23H,1-2,5-8,10,17H2,(H,27,28)(H,29,30)(H2,24,25,26)/t11-,12+,13+,16?/m0/s1. The van der Waals surface area contributed by atoms with Crippen molar-refractivity contribution < 1.29 is 56.3 Å². The average molecular weight is 588 g/mol. The largest absolute Gasteiger partial charge is 0.490 e. The van der Waals surface area contributed by atoms with Gasteiger partial charge in [0.2, 0.25) is 5.79 Å². The predicted molar refractivity (Wildman–Crippen MR) is 128 cm³/mol. The summed E-state index contributed by atoms with van der Waals surface area (Å²) >= 11 is 0. The maximum Gasteiger partial charge on any atom is 0.490 e. The summed E-state index contributed by atoms with van der Waals surface area (Å²) in [5.74, 6) is -1.04. The lowest BCUT2D eigenvalue weighted by Gasteiger charge is -2.38. The second-order valence-electron chi connectivity index (χ2n) is 7.84. The van der Waals surface area contributed by atoms with Crippen molar-refractivity contribution in [2.45, 2.75) is 30.6 Å². The molecular weight excluding hydrogens is 561 g/mol. The predicted octanol–water partition coefficient (Wildman–Crippen LogP) is -0.753. The highest BCUT2D eigenvalue weighted by Gasteiger charge is 2.49. The molecule has 0 saturated carbocycles. The van der Waals surface area contributed by atoms with Crippen molar-refractivity contribution in [3.63, 3.8) is 0 Å². The second-order valence-corrected chi connectivity index (χ2v) is 12.3. The van der Waals surface area contributed by atoms with Crippen LogP contribution in [0.2, 0.25) is 0 Å². The molecule has 0 spiro atoms. The van der Waals surface area contributed by atoms with Crippen molar-refractivity contribution in [3.05, 3.63) is 25.3 Å². The molecule has 0 radical (unpaired) electrons. The Morgan fingerprint density at radius 3 is 2.43 bits per heavy atom. The molecule has 208 valence electrons. The van der Waals surface area contributed by atoms with Gasteiger partial charge in [0.25, 0.3) is 0 Å². The van der Waals surface area contributed by atoms with Crippen LogP contribution in [0.3, 0.4) is 0 Å². The van der Waals surface area contributed by atoms with E-state index < -0.39 is 54.3 Å². The highest BCUT2D eigenvalue weighted by atomic mass is 31.3. The summed E-state index contributed by atoms with van der Waals surface area (Å²) in [7, 11) is -16.6. The van der Waals surface area contributed by atoms with E-state index in [1.165, 1.54) is 6.34 Å². The number of nitrogens with zero attached hydrogens (tertiary/aromatic N) is 5. The molecule has 3 aliphatic rings. The number of amidine groups is 1. The maximum absolute atomic E-state index is 12.0. The molecule has 37 heavy (non-hydrogen) atoms. The second kappa shape index (κ2) is 11.3. The van der Waals surface area contributed by atoms with Crippen LogP contribution in [0.25, 0.3) is 0 Å². The third-order valence-corrected chi connectivity index (χ3v) is 9.00. The fourth-order valence-corrected chi connectivity index (χ4v) is 6.75. The summed E-state index contributed by atoms with van der Waals surface area (Å²) in [5, 5.41) is 10.4. The summed E-state index contributed by atoms with van der Waals surface area (Å²) in [5.41, 5.74) is 6.91. The van der Waals surface area contributed by atoms with Crippen LogP contribution in [-0.2, 0) is 31.6 Å². The van der Waals surface area contributed by atoms with Gasteiger partial charge in [-0.1, -0.05) is 12.2 Å². The van der Waals surface area contributed by atoms with Crippen molar-refractivity contribution in [2.24, 2.45) is 20.7 Å². The van der Waals surface area contributed by atoms with E-state index in [-0.39, 0.29) is 13.1 Å². The molecule has 3 rings (SSSR count). The fraction of sp³-hybridized carbons (Fsp3) is 0.562. The van der Waals surface area contributed by atoms with E-state index in [4.69, 9.17) is 20.3 Å². The normalized spacial score (nSPS) is 30.9. The van der Waals surface area contributed by atoms with Crippen LogP contribution in [0.4, 0.5) is 0 Å². The number of phosphoric acid groups is 3. The number of phosphoric ester groups is 1. The van der Waals surface area contributed by atoms with E-state index in [9.17, 15) is 28.6 Å². The molecule has 3 aliphatic heterocycles. The van der Waals surface area contributed by atoms with Crippen LogP contribution in [0.15, 0.2) is 40.3 Å². The first kappa shape index (κ1) is 30.1. The van der Waals surface area contributed by atoms with E-state index in [0.29, 0.717) is 24.6 Å². The smallest absolute Gasteiger partial charge is 0.390 e. The van der Waals surface area contributed by atoms with Crippen molar-refractivity contribution in [1.29, 1.82) is 0 Å². The Labute approximate surface area is 210 Å². The number of ether oxygens (including phenoxy) is 1. The van der Waals surface area contributed by atoms with Gasteiger partial charge in [0.1, 0.15) is 31.1 Å². The number of rotatable bonds is 13. The van der Waals surface area contributed by atoms with E-state index in [1.54, 1.807) is 22.0 Å². The van der Waals surface area contributed by atoms with Crippen molar-refractivity contribution in [1.82, 2.24) is 9.80 Å². The lowest BCUT2D eigenvalue weighted by molar-refractivity contribution is -0.0550. The zero-order valence-electron chi connectivity index (χ0n) is 19.2. The summed E-state index contributed by atoms with van der Waals surface area (Å²) in [6.07, 6.45) is 1.29. The topological polar surface area (TPSA) is 259 Å². The molecule has 1 saturated heterocycles. The summed E-state index contributed by atoms with van der Waals surface area (Å²) in [4.78, 5) is 52.4. The third kappa shape index (κ3) is 7.35. The molecular formula is C16H27N6O12P3. The Kier molecular flexibility index (Phi) is 9.22. The van der Waals surface area contributed by atoms with Gasteiger partial charge in [0, 0.05) is 19.5 Å². The Morgan fingerprint density at radius 1 is 1.19 bits per heavy atom. The van der Waals surface area contributed by atoms with Crippen molar-refractivity contribution in [3.8, 4) is 0 Å². The molecule has 3 heterocycles. The number of aliphatic hydroxyl groups is 1. The minimum absolute atomic E-state index is 0.00993. The van der Waals surface area contributed by atoms with Gasteiger partial charge >= 0.3 is 23.5 Å². The molecule has 1 fully saturated rings. The van der Waals surface area contributed by atoms with Gasteiger partial charge < -0.3 is 34.3 Å². The molecule has 7 N–H and O–H groups in total. The first-order chi connectivity index (χ1) is 17.1. The van der Waals surface area contributed by atoms with Gasteiger partial charge in [-0.25, -0.2) is 23.7 Å². The highest BCUT2D eigenvalue weighted by Crippen LogP contribution is 2.66. The molecule has 6 atom stereocenters. The SMILES string of the molecule is C=CCN(CC=C)C1(N)N=CN=C2C1=NCN2[C@H]1C[C@H](O)[C@@H](COP(=O)(O)OP(=O)(O)OP(=O)(O)O)O1. The number of aliphatic hydroxyl groups excluding tert-OH is 1. The molecule has 0 bridgehead atoms. The number of nitrogens with two attached hydrogens (primary N) is 1. The molecule has 3 unspecified atom stereocenters. The van der Waals surface area contributed by atoms with Crippen LogP contribution in [0.1, 0.15) is 6.42 Å². The molecule has 0 aromatic carbocycles. The van der Waals surface area contributed by atoms with Crippen molar-refractivity contribution in [2.75, 3.05) is 26.4 Å². The fourth-order valence-electron chi connectivity index (χ4n) is 3.72. The van der Waals surface area contributed by atoms with Gasteiger partial charge in [0.15, 0.2) is 5.84 Å². The minimum Gasteiger partial charge on any atom is -0.390 e. The summed E-state index contributed by atoms with van der Waals surface area (Å²) in [6, 6.07) is 0. The maximum atomic E-state index is 12.0. The third-order valence-electron chi connectivity index (χ3n) is 5.20. The van der Waals surface area contributed by atoms with Gasteiger partial charge in [-0.3, -0.25) is 20.1 Å². The highest BCUT2D eigenvalue weighted by molar-refractivity contribution is 7.66. The van der Waals surface area contributed by atoms with Crippen LogP contribution >= 0.6 is 23.5 Å². The van der Waals surface area contributed by atoms with Crippen LogP contribution in [-0.4, -0.2) is 103 Å². The Balaban J connectivity index is 1.64. The van der Waals surface area contributed by atoms with Crippen molar-refractivity contribution >= 4 is 41.4 Å². The summed E-state index contributed by atoms with van der Waals surface area (Å²) < 4.78 is 51.7. The lowest BCUT2D eigenvalue weighted by Crippen LogP contribution is -2.64. The monoisotopic (exact) mass is 588 g/mol. The molecule has 0 aliphatic carbocycles. The summed E-state index contributed by atoms with van der Waals surface area (Å²) in [6.45, 7) is 7.42. The van der Waals surface area contributed by atoms with E-state index in [0.717, 1.165) is 0 Å². The minimum atomic E-state index is -5.67. The van der Waals surface area contributed by atoms with Gasteiger partial charge in [0.05, 0.1) is 12.7 Å². The van der Waals surface area contributed by atoms with Gasteiger partial charge in [-0.15, -0.1) is 13.2 Å². The van der Waals surface area contributed by atoms with E-state index in [1.807, 2.05) is 0 Å². The lowest BCUT2D eigenvalue weighted by atomic mass is 10.1. The first-order valence-electron chi connectivity index (χ1n) is 10.4. The average Bonchev–Trinajstić information content (AvgIpc) is 3.34. The molecule has 21 heteroatoms. The first-order valence-corrected chi connectivity index (χ1v) is 14.9. The van der Waals surface area contributed by atoms with Crippen LogP contribution < -0.4 is 5.73 Å². The Bertz CT molecular complexity index is 1130. The number of fused-ring (bicyclic) bond motifs is 1. The van der Waals surface area contributed by atoms with Crippen LogP contribution in [0, 0.1) is 0 Å². The van der Waals surface area contributed by atoms with E-state index >= 15 is 0 Å². The quantitative estimate of drug-likeness (QED) is 0.0878. The Morgan fingerprint density at radius 2 is 1.84 bits per heavy atom. The van der Waals surface area contributed by atoms with Gasteiger partial charge in [-0.2, -0.15) is 8.62 Å². The number of aliphatic imine (C=N–C) groups is 3. The Hall–Kier alpha value is -1.46. The molecule has 0 aromatic heterocycles. The molecule has 0 amide bonds. The van der Waals surface area contributed by atoms with Gasteiger partial charge in [-0.05, 0) is 0 Å². The number of hydrogen-bond donors (Lipinski definition) is 6. The molecule has 0 aromatic rings. The van der Waals surface area contributed by atoms with E-state index in [2.05, 4.69) is 41.3 Å². The zero-order chi connectivity index (χ0) is 27.6. The molecule has 18 nitrogen and oxygen atoms in total. The number of hydrogen-bond acceptors (Lipinski definition) is 14. The van der Waals surface area contributed by atoms with Crippen LogP contribution in [0.5, 0.6) is 0 Å². The zero-order valence-corrected chi connectivity index (χ0v) is 21.8.